The minimum atomic E-state index is -0.798. The van der Waals surface area contributed by atoms with E-state index < -0.39 is 11.4 Å². The zero-order valence-electron chi connectivity index (χ0n) is 11.0. The summed E-state index contributed by atoms with van der Waals surface area (Å²) in [6, 6.07) is 4.98. The average molecular weight is 271 g/mol. The van der Waals surface area contributed by atoms with Crippen molar-refractivity contribution in [3.63, 3.8) is 0 Å². The molecule has 1 nitrogen and oxygen atoms in total. The van der Waals surface area contributed by atoms with Gasteiger partial charge in [0, 0.05) is 6.42 Å². The fraction of sp³-hybridized carbons (Fsp3) is 0.600. The van der Waals surface area contributed by atoms with Crippen molar-refractivity contribution in [3.8, 4) is 0 Å². The Morgan fingerprint density at radius 1 is 1.33 bits per heavy atom. The predicted molar refractivity (Wildman–Crippen MR) is 72.3 cm³/mol. The number of hydrogen-bond donors (Lipinski definition) is 1. The lowest BCUT2D eigenvalue weighted by Gasteiger charge is -2.41. The van der Waals surface area contributed by atoms with Gasteiger partial charge < -0.3 is 5.11 Å². The molecule has 1 N–H and O–H groups in total. The Kier molecular flexibility index (Phi) is 3.70. The first-order valence-electron chi connectivity index (χ1n) is 6.47. The van der Waals surface area contributed by atoms with Crippen LogP contribution in [0.3, 0.4) is 0 Å². The van der Waals surface area contributed by atoms with E-state index in [0.717, 1.165) is 19.3 Å². The lowest BCUT2D eigenvalue weighted by atomic mass is 9.68. The van der Waals surface area contributed by atoms with E-state index in [1.807, 2.05) is 0 Å². The summed E-state index contributed by atoms with van der Waals surface area (Å²) >= 11 is 5.78. The molecular formula is C15H20ClFO. The summed E-state index contributed by atoms with van der Waals surface area (Å²) in [7, 11) is 0. The van der Waals surface area contributed by atoms with Crippen LogP contribution in [0.1, 0.15) is 45.1 Å². The molecule has 1 fully saturated rings. The molecule has 0 radical (unpaired) electrons. The number of rotatable bonds is 2. The summed E-state index contributed by atoms with van der Waals surface area (Å²) in [6.07, 6.45) is 3.91. The van der Waals surface area contributed by atoms with Crippen LogP contribution in [0.4, 0.5) is 4.39 Å². The quantitative estimate of drug-likeness (QED) is 0.847. The summed E-state index contributed by atoms with van der Waals surface area (Å²) in [6.45, 7) is 4.32. The lowest BCUT2D eigenvalue weighted by molar-refractivity contribution is -0.0387. The molecule has 0 aliphatic heterocycles. The highest BCUT2D eigenvalue weighted by molar-refractivity contribution is 6.30. The van der Waals surface area contributed by atoms with Crippen molar-refractivity contribution in [1.82, 2.24) is 0 Å². The van der Waals surface area contributed by atoms with E-state index >= 15 is 0 Å². The SMILES string of the molecule is CC1(C)CCCC(O)(Cc2cccc(Cl)c2F)C1. The molecule has 3 heteroatoms. The molecule has 1 aliphatic rings. The summed E-state index contributed by atoms with van der Waals surface area (Å²) in [5, 5.41) is 10.8. The van der Waals surface area contributed by atoms with Gasteiger partial charge in [-0.25, -0.2) is 4.39 Å². The van der Waals surface area contributed by atoms with Crippen LogP contribution in [0, 0.1) is 11.2 Å². The largest absolute Gasteiger partial charge is 0.390 e. The van der Waals surface area contributed by atoms with Gasteiger partial charge in [-0.2, -0.15) is 0 Å². The second-order valence-electron chi connectivity index (χ2n) is 6.31. The van der Waals surface area contributed by atoms with Crippen molar-refractivity contribution in [2.24, 2.45) is 5.41 Å². The third-order valence-electron chi connectivity index (χ3n) is 3.85. The van der Waals surface area contributed by atoms with Gasteiger partial charge in [0.25, 0.3) is 0 Å². The van der Waals surface area contributed by atoms with Gasteiger partial charge in [-0.05, 0) is 36.3 Å². The molecule has 1 aromatic rings. The number of halogens is 2. The zero-order valence-corrected chi connectivity index (χ0v) is 11.7. The van der Waals surface area contributed by atoms with E-state index in [1.54, 1.807) is 12.1 Å². The fourth-order valence-corrected chi connectivity index (χ4v) is 3.35. The molecule has 1 aromatic carbocycles. The Morgan fingerprint density at radius 2 is 2.06 bits per heavy atom. The topological polar surface area (TPSA) is 20.2 Å². The monoisotopic (exact) mass is 270 g/mol. The van der Waals surface area contributed by atoms with E-state index in [2.05, 4.69) is 13.8 Å². The van der Waals surface area contributed by atoms with Crippen LogP contribution >= 0.6 is 11.6 Å². The van der Waals surface area contributed by atoms with Crippen LogP contribution in [-0.2, 0) is 6.42 Å². The molecule has 1 atom stereocenters. The predicted octanol–water partition coefficient (Wildman–Crippen LogP) is 4.35. The maximum absolute atomic E-state index is 13.9. The van der Waals surface area contributed by atoms with Gasteiger partial charge in [0.1, 0.15) is 5.82 Å². The lowest BCUT2D eigenvalue weighted by Crippen LogP contribution is -2.40. The van der Waals surface area contributed by atoms with Crippen LogP contribution in [-0.4, -0.2) is 10.7 Å². The Morgan fingerprint density at radius 3 is 2.72 bits per heavy atom. The smallest absolute Gasteiger partial charge is 0.145 e. The normalized spacial score (nSPS) is 27.2. The van der Waals surface area contributed by atoms with Gasteiger partial charge in [0.15, 0.2) is 0 Å². The standard InChI is InChI=1S/C15H20ClFO/c1-14(2)7-4-8-15(18,10-14)9-11-5-3-6-12(16)13(11)17/h3,5-6,18H,4,7-10H2,1-2H3. The summed E-state index contributed by atoms with van der Waals surface area (Å²) in [5.41, 5.74) is -0.155. The first kappa shape index (κ1) is 13.8. The Labute approximate surface area is 113 Å². The summed E-state index contributed by atoms with van der Waals surface area (Å²) < 4.78 is 13.9. The van der Waals surface area contributed by atoms with Crippen molar-refractivity contribution in [3.05, 3.63) is 34.6 Å². The summed E-state index contributed by atoms with van der Waals surface area (Å²) in [4.78, 5) is 0. The van der Waals surface area contributed by atoms with E-state index in [9.17, 15) is 9.50 Å². The second-order valence-corrected chi connectivity index (χ2v) is 6.72. The maximum atomic E-state index is 13.9. The van der Waals surface area contributed by atoms with Crippen molar-refractivity contribution in [2.45, 2.75) is 51.6 Å². The van der Waals surface area contributed by atoms with E-state index in [0.29, 0.717) is 18.4 Å². The van der Waals surface area contributed by atoms with Gasteiger partial charge in [0.05, 0.1) is 10.6 Å². The number of hydrogen-bond acceptors (Lipinski definition) is 1. The maximum Gasteiger partial charge on any atom is 0.145 e. The molecule has 2 rings (SSSR count). The van der Waals surface area contributed by atoms with E-state index in [-0.39, 0.29) is 10.4 Å². The highest BCUT2D eigenvalue weighted by Gasteiger charge is 2.38. The number of benzene rings is 1. The summed E-state index contributed by atoms with van der Waals surface area (Å²) in [5.74, 6) is -0.393. The molecule has 0 saturated heterocycles. The van der Waals surface area contributed by atoms with Crippen LogP contribution in [0.5, 0.6) is 0 Å². The average Bonchev–Trinajstić information content (AvgIpc) is 2.22. The van der Waals surface area contributed by atoms with Gasteiger partial charge >= 0.3 is 0 Å². The number of aliphatic hydroxyl groups is 1. The van der Waals surface area contributed by atoms with Crippen LogP contribution < -0.4 is 0 Å². The van der Waals surface area contributed by atoms with Gasteiger partial charge in [-0.15, -0.1) is 0 Å². The van der Waals surface area contributed by atoms with Crippen LogP contribution in [0.15, 0.2) is 18.2 Å². The molecule has 0 aromatic heterocycles. The van der Waals surface area contributed by atoms with E-state index in [1.165, 1.54) is 6.07 Å². The van der Waals surface area contributed by atoms with Gasteiger partial charge in [-0.3, -0.25) is 0 Å². The van der Waals surface area contributed by atoms with Crippen molar-refractivity contribution in [2.75, 3.05) is 0 Å². The van der Waals surface area contributed by atoms with Gasteiger partial charge in [0.2, 0.25) is 0 Å². The molecule has 18 heavy (non-hydrogen) atoms. The van der Waals surface area contributed by atoms with E-state index in [4.69, 9.17) is 11.6 Å². The fourth-order valence-electron chi connectivity index (χ4n) is 3.15. The Hall–Kier alpha value is -0.600. The highest BCUT2D eigenvalue weighted by atomic mass is 35.5. The first-order chi connectivity index (χ1) is 8.31. The molecular weight excluding hydrogens is 251 g/mol. The molecule has 100 valence electrons. The van der Waals surface area contributed by atoms with Crippen molar-refractivity contribution in [1.29, 1.82) is 0 Å². The molecule has 0 amide bonds. The van der Waals surface area contributed by atoms with Crippen LogP contribution in [0.25, 0.3) is 0 Å². The molecule has 0 heterocycles. The van der Waals surface area contributed by atoms with Gasteiger partial charge in [-0.1, -0.05) is 44.0 Å². The van der Waals surface area contributed by atoms with Crippen molar-refractivity contribution >= 4 is 11.6 Å². The minimum absolute atomic E-state index is 0.127. The highest BCUT2D eigenvalue weighted by Crippen LogP contribution is 2.42. The molecule has 1 aliphatic carbocycles. The molecule has 0 spiro atoms. The second kappa shape index (κ2) is 4.82. The first-order valence-corrected chi connectivity index (χ1v) is 6.84. The Bertz CT molecular complexity index is 444. The zero-order chi connectivity index (χ0) is 13.4. The Balaban J connectivity index is 2.20. The third kappa shape index (κ3) is 3.04. The minimum Gasteiger partial charge on any atom is -0.390 e. The van der Waals surface area contributed by atoms with Crippen molar-refractivity contribution < 1.29 is 9.50 Å². The van der Waals surface area contributed by atoms with Crippen LogP contribution in [0.2, 0.25) is 5.02 Å². The third-order valence-corrected chi connectivity index (χ3v) is 4.15. The molecule has 1 saturated carbocycles. The molecule has 1 unspecified atom stereocenters. The molecule has 0 bridgehead atoms.